The normalized spacial score (nSPS) is 21.9. The van der Waals surface area contributed by atoms with Gasteiger partial charge in [-0.15, -0.1) is 0 Å². The van der Waals surface area contributed by atoms with E-state index in [2.05, 4.69) is 60.6 Å². The SMILES string of the molecule is CC(C)(C)[C@@H](CN1CCc2ccccc2C1)NC(=O)NC[C@H]1CCCO1. The quantitative estimate of drug-likeness (QED) is 0.850. The Labute approximate surface area is 157 Å². The molecule has 2 heterocycles. The molecule has 5 heteroatoms. The highest BCUT2D eigenvalue weighted by atomic mass is 16.5. The summed E-state index contributed by atoms with van der Waals surface area (Å²) >= 11 is 0. The molecule has 0 radical (unpaired) electrons. The molecule has 0 saturated carbocycles. The summed E-state index contributed by atoms with van der Waals surface area (Å²) in [6, 6.07) is 8.68. The summed E-state index contributed by atoms with van der Waals surface area (Å²) in [5.74, 6) is 0. The summed E-state index contributed by atoms with van der Waals surface area (Å²) in [5, 5.41) is 6.19. The average Bonchev–Trinajstić information content (AvgIpc) is 3.12. The number of hydrogen-bond acceptors (Lipinski definition) is 3. The van der Waals surface area contributed by atoms with Crippen molar-refractivity contribution in [1.82, 2.24) is 15.5 Å². The first-order valence-corrected chi connectivity index (χ1v) is 9.87. The molecule has 2 atom stereocenters. The van der Waals surface area contributed by atoms with Gasteiger partial charge in [-0.3, -0.25) is 4.90 Å². The zero-order chi connectivity index (χ0) is 18.6. The lowest BCUT2D eigenvalue weighted by molar-refractivity contribution is 0.110. The molecular formula is C21H33N3O2. The maximum atomic E-state index is 12.4. The maximum Gasteiger partial charge on any atom is 0.315 e. The van der Waals surface area contributed by atoms with E-state index in [0.29, 0.717) is 6.54 Å². The highest BCUT2D eigenvalue weighted by molar-refractivity contribution is 5.74. The minimum Gasteiger partial charge on any atom is -0.376 e. The van der Waals surface area contributed by atoms with E-state index in [-0.39, 0.29) is 23.6 Å². The van der Waals surface area contributed by atoms with E-state index < -0.39 is 0 Å². The van der Waals surface area contributed by atoms with Crippen LogP contribution in [0.25, 0.3) is 0 Å². The van der Waals surface area contributed by atoms with Crippen molar-refractivity contribution in [3.8, 4) is 0 Å². The molecule has 2 aliphatic rings. The van der Waals surface area contributed by atoms with Gasteiger partial charge in [-0.2, -0.15) is 0 Å². The van der Waals surface area contributed by atoms with Crippen LogP contribution in [-0.2, 0) is 17.7 Å². The molecule has 2 aliphatic heterocycles. The number of benzene rings is 1. The molecular weight excluding hydrogens is 326 g/mol. The van der Waals surface area contributed by atoms with Crippen molar-refractivity contribution < 1.29 is 9.53 Å². The summed E-state index contributed by atoms with van der Waals surface area (Å²) in [5.41, 5.74) is 2.87. The molecule has 144 valence electrons. The molecule has 1 aromatic rings. The van der Waals surface area contributed by atoms with Crippen molar-refractivity contribution in [1.29, 1.82) is 0 Å². The van der Waals surface area contributed by atoms with Crippen molar-refractivity contribution in [2.45, 2.75) is 58.7 Å². The molecule has 2 amide bonds. The minimum atomic E-state index is -0.0853. The number of nitrogens with one attached hydrogen (secondary N) is 2. The van der Waals surface area contributed by atoms with Crippen molar-refractivity contribution >= 4 is 6.03 Å². The molecule has 2 N–H and O–H groups in total. The molecule has 1 fully saturated rings. The van der Waals surface area contributed by atoms with Gasteiger partial charge >= 0.3 is 6.03 Å². The van der Waals surface area contributed by atoms with Crippen LogP contribution in [0.15, 0.2) is 24.3 Å². The Morgan fingerprint density at radius 2 is 2.08 bits per heavy atom. The predicted molar refractivity (Wildman–Crippen MR) is 104 cm³/mol. The summed E-state index contributed by atoms with van der Waals surface area (Å²) in [6.07, 6.45) is 3.39. The third-order valence-corrected chi connectivity index (χ3v) is 5.52. The second kappa shape index (κ2) is 8.40. The van der Waals surface area contributed by atoms with Crippen LogP contribution in [0.2, 0.25) is 0 Å². The van der Waals surface area contributed by atoms with Gasteiger partial charge in [0.15, 0.2) is 0 Å². The van der Waals surface area contributed by atoms with E-state index in [1.807, 2.05) is 0 Å². The largest absolute Gasteiger partial charge is 0.376 e. The lowest BCUT2D eigenvalue weighted by Crippen LogP contribution is -2.54. The van der Waals surface area contributed by atoms with Crippen molar-refractivity contribution in [3.05, 3.63) is 35.4 Å². The van der Waals surface area contributed by atoms with E-state index in [0.717, 1.165) is 45.5 Å². The fraction of sp³-hybridized carbons (Fsp3) is 0.667. The Morgan fingerprint density at radius 3 is 2.77 bits per heavy atom. The summed E-state index contributed by atoms with van der Waals surface area (Å²) in [4.78, 5) is 14.9. The highest BCUT2D eigenvalue weighted by Gasteiger charge is 2.29. The first-order valence-electron chi connectivity index (χ1n) is 9.87. The van der Waals surface area contributed by atoms with Gasteiger partial charge in [0.05, 0.1) is 6.10 Å². The first-order chi connectivity index (χ1) is 12.4. The monoisotopic (exact) mass is 359 g/mol. The molecule has 3 rings (SSSR count). The Bertz CT molecular complexity index is 606. The van der Waals surface area contributed by atoms with Gasteiger partial charge in [0.2, 0.25) is 0 Å². The number of ether oxygens (including phenoxy) is 1. The molecule has 1 aromatic carbocycles. The van der Waals surface area contributed by atoms with Crippen LogP contribution in [0, 0.1) is 5.41 Å². The minimum absolute atomic E-state index is 0.00182. The van der Waals surface area contributed by atoms with E-state index in [1.165, 1.54) is 11.1 Å². The second-order valence-corrected chi connectivity index (χ2v) is 8.66. The van der Waals surface area contributed by atoms with Crippen molar-refractivity contribution in [3.63, 3.8) is 0 Å². The Balaban J connectivity index is 1.54. The van der Waals surface area contributed by atoms with Gasteiger partial charge in [0.1, 0.15) is 0 Å². The van der Waals surface area contributed by atoms with Crippen LogP contribution in [0.5, 0.6) is 0 Å². The lowest BCUT2D eigenvalue weighted by Gasteiger charge is -2.38. The molecule has 0 aromatic heterocycles. The van der Waals surface area contributed by atoms with E-state index in [1.54, 1.807) is 0 Å². The summed E-state index contributed by atoms with van der Waals surface area (Å²) in [7, 11) is 0. The van der Waals surface area contributed by atoms with Gasteiger partial charge in [-0.25, -0.2) is 4.79 Å². The van der Waals surface area contributed by atoms with E-state index in [9.17, 15) is 4.79 Å². The number of urea groups is 1. The zero-order valence-corrected chi connectivity index (χ0v) is 16.4. The number of fused-ring (bicyclic) bond motifs is 1. The summed E-state index contributed by atoms with van der Waals surface area (Å²) < 4.78 is 5.58. The smallest absolute Gasteiger partial charge is 0.315 e. The van der Waals surface area contributed by atoms with Gasteiger partial charge in [0.25, 0.3) is 0 Å². The Hall–Kier alpha value is -1.59. The maximum absolute atomic E-state index is 12.4. The Morgan fingerprint density at radius 1 is 1.31 bits per heavy atom. The van der Waals surface area contributed by atoms with Gasteiger partial charge in [0, 0.05) is 38.8 Å². The third-order valence-electron chi connectivity index (χ3n) is 5.52. The lowest BCUT2D eigenvalue weighted by atomic mass is 9.86. The van der Waals surface area contributed by atoms with Gasteiger partial charge in [-0.1, -0.05) is 45.0 Å². The number of amides is 2. The molecule has 0 aliphatic carbocycles. The summed E-state index contributed by atoms with van der Waals surface area (Å²) in [6.45, 7) is 10.9. The number of nitrogens with zero attached hydrogens (tertiary/aromatic N) is 1. The van der Waals surface area contributed by atoms with Crippen LogP contribution < -0.4 is 10.6 Å². The topological polar surface area (TPSA) is 53.6 Å². The first kappa shape index (κ1) is 19.2. The van der Waals surface area contributed by atoms with Crippen LogP contribution in [0.3, 0.4) is 0 Å². The highest BCUT2D eigenvalue weighted by Crippen LogP contribution is 2.24. The van der Waals surface area contributed by atoms with Crippen LogP contribution >= 0.6 is 0 Å². The van der Waals surface area contributed by atoms with E-state index >= 15 is 0 Å². The number of carbonyl (C=O) groups is 1. The van der Waals surface area contributed by atoms with Gasteiger partial charge < -0.3 is 15.4 Å². The number of rotatable bonds is 5. The fourth-order valence-electron chi connectivity index (χ4n) is 3.73. The van der Waals surface area contributed by atoms with Crippen molar-refractivity contribution in [2.75, 3.05) is 26.2 Å². The third kappa shape index (κ3) is 5.21. The molecule has 1 saturated heterocycles. The molecule has 5 nitrogen and oxygen atoms in total. The number of carbonyl (C=O) groups excluding carboxylic acids is 1. The molecule has 0 unspecified atom stereocenters. The fourth-order valence-corrected chi connectivity index (χ4v) is 3.73. The predicted octanol–water partition coefficient (Wildman–Crippen LogP) is 2.94. The zero-order valence-electron chi connectivity index (χ0n) is 16.4. The standard InChI is InChI=1S/C21H33N3O2/c1-21(2,3)19(23-20(25)22-13-18-9-6-12-26-18)15-24-11-10-16-7-4-5-8-17(16)14-24/h4-5,7-8,18-19H,6,9-15H2,1-3H3,(H2,22,23,25)/t18-,19-/m1/s1. The molecule has 0 spiro atoms. The molecule has 26 heavy (non-hydrogen) atoms. The van der Waals surface area contributed by atoms with Crippen molar-refractivity contribution in [2.24, 2.45) is 5.41 Å². The van der Waals surface area contributed by atoms with Gasteiger partial charge in [-0.05, 0) is 35.8 Å². The average molecular weight is 360 g/mol. The van der Waals surface area contributed by atoms with Crippen LogP contribution in [-0.4, -0.2) is 49.3 Å². The van der Waals surface area contributed by atoms with Crippen LogP contribution in [0.1, 0.15) is 44.7 Å². The Kier molecular flexibility index (Phi) is 6.20. The number of hydrogen-bond donors (Lipinski definition) is 2. The molecule has 0 bridgehead atoms. The van der Waals surface area contributed by atoms with E-state index in [4.69, 9.17) is 4.74 Å². The van der Waals surface area contributed by atoms with Crippen LogP contribution in [0.4, 0.5) is 4.79 Å². The second-order valence-electron chi connectivity index (χ2n) is 8.66.